The fraction of sp³-hybridized carbons (Fsp3) is 0.346. The number of rotatable bonds is 6. The van der Waals surface area contributed by atoms with Gasteiger partial charge in [0.2, 0.25) is 0 Å². The van der Waals surface area contributed by atoms with Crippen molar-refractivity contribution >= 4 is 38.1 Å². The molecule has 36 heavy (non-hydrogen) atoms. The first-order valence-corrected chi connectivity index (χ1v) is 13.3. The highest BCUT2D eigenvalue weighted by Crippen LogP contribution is 2.32. The molecule has 4 rings (SSSR count). The average Bonchev–Trinajstić information content (AvgIpc) is 3.25. The zero-order chi connectivity index (χ0) is 26.1. The molecule has 1 saturated heterocycles. The first kappa shape index (κ1) is 25.4. The summed E-state index contributed by atoms with van der Waals surface area (Å²) in [6.07, 6.45) is 0.166. The van der Waals surface area contributed by atoms with E-state index in [0.29, 0.717) is 30.6 Å². The Kier molecular flexibility index (Phi) is 6.90. The van der Waals surface area contributed by atoms with Gasteiger partial charge >= 0.3 is 6.09 Å². The van der Waals surface area contributed by atoms with Gasteiger partial charge in [0, 0.05) is 35.8 Å². The van der Waals surface area contributed by atoms with E-state index in [4.69, 9.17) is 4.74 Å². The molecule has 1 aliphatic rings. The lowest BCUT2D eigenvalue weighted by Gasteiger charge is -2.22. The van der Waals surface area contributed by atoms with E-state index in [-0.39, 0.29) is 22.2 Å². The van der Waals surface area contributed by atoms with Crippen LogP contribution in [-0.2, 0) is 20.3 Å². The molecular formula is C26H29N3O6S. The number of anilines is 1. The molecule has 1 N–H and O–H groups in total. The Labute approximate surface area is 210 Å². The Balaban J connectivity index is 1.58. The van der Waals surface area contributed by atoms with Gasteiger partial charge in [-0.2, -0.15) is 0 Å². The standard InChI is InChI=1S/C26H29N3O6S/c1-26(2,3)35-25(30)27-20-13-14-28(16-20)21-11-12-23(29(31)32)19(15-21)17-36(33,34)24-10-6-8-18-7-4-5-9-22(18)24/h4-12,15,20H,13-14,16-17H2,1-3H3,(H,27,30)/t20-/m1/s1. The van der Waals surface area contributed by atoms with Crippen molar-refractivity contribution in [3.05, 3.63) is 76.3 Å². The van der Waals surface area contributed by atoms with Crippen molar-refractivity contribution < 1.29 is 22.9 Å². The van der Waals surface area contributed by atoms with Gasteiger partial charge in [-0.25, -0.2) is 13.2 Å². The summed E-state index contributed by atoms with van der Waals surface area (Å²) in [6, 6.07) is 16.5. The van der Waals surface area contributed by atoms with Crippen LogP contribution in [0.4, 0.5) is 16.2 Å². The Morgan fingerprint density at radius 2 is 1.86 bits per heavy atom. The molecule has 0 unspecified atom stereocenters. The lowest BCUT2D eigenvalue weighted by atomic mass is 10.1. The van der Waals surface area contributed by atoms with Gasteiger partial charge in [-0.15, -0.1) is 0 Å². The van der Waals surface area contributed by atoms with Crippen molar-refractivity contribution in [3.63, 3.8) is 0 Å². The largest absolute Gasteiger partial charge is 0.444 e. The molecule has 1 fully saturated rings. The van der Waals surface area contributed by atoms with E-state index in [2.05, 4.69) is 5.32 Å². The van der Waals surface area contributed by atoms with E-state index in [1.54, 1.807) is 51.1 Å². The Morgan fingerprint density at radius 1 is 1.14 bits per heavy atom. The van der Waals surface area contributed by atoms with Gasteiger partial charge in [-0.3, -0.25) is 10.1 Å². The summed E-state index contributed by atoms with van der Waals surface area (Å²) in [5, 5.41) is 15.9. The number of hydrogen-bond donors (Lipinski definition) is 1. The predicted octanol–water partition coefficient (Wildman–Crippen LogP) is 4.83. The van der Waals surface area contributed by atoms with E-state index in [9.17, 15) is 23.3 Å². The minimum absolute atomic E-state index is 0.119. The van der Waals surface area contributed by atoms with Gasteiger partial charge in [0.05, 0.1) is 21.6 Å². The second-order valence-corrected chi connectivity index (χ2v) is 11.8. The number of amides is 1. The number of sulfone groups is 1. The molecule has 1 heterocycles. The van der Waals surface area contributed by atoms with Crippen LogP contribution >= 0.6 is 0 Å². The highest BCUT2D eigenvalue weighted by Gasteiger charge is 2.29. The van der Waals surface area contributed by atoms with Crippen LogP contribution in [0.5, 0.6) is 0 Å². The van der Waals surface area contributed by atoms with E-state index in [1.807, 2.05) is 23.1 Å². The molecule has 0 aromatic heterocycles. The Hall–Kier alpha value is -3.66. The van der Waals surface area contributed by atoms with Gasteiger partial charge < -0.3 is 15.0 Å². The third-order valence-electron chi connectivity index (χ3n) is 5.96. The van der Waals surface area contributed by atoms with Crippen molar-refractivity contribution in [2.24, 2.45) is 0 Å². The number of hydrogen-bond acceptors (Lipinski definition) is 7. The quantitative estimate of drug-likeness (QED) is 0.372. The summed E-state index contributed by atoms with van der Waals surface area (Å²) in [7, 11) is -3.88. The van der Waals surface area contributed by atoms with Crippen LogP contribution in [-0.4, -0.2) is 44.2 Å². The van der Waals surface area contributed by atoms with Crippen LogP contribution in [0.25, 0.3) is 10.8 Å². The minimum atomic E-state index is -3.88. The fourth-order valence-electron chi connectivity index (χ4n) is 4.40. The van der Waals surface area contributed by atoms with Crippen LogP contribution in [0.1, 0.15) is 32.8 Å². The first-order chi connectivity index (χ1) is 16.9. The third-order valence-corrected chi connectivity index (χ3v) is 7.68. The number of carbonyl (C=O) groups excluding carboxylic acids is 1. The molecule has 10 heteroatoms. The molecule has 0 bridgehead atoms. The molecule has 0 spiro atoms. The molecule has 190 valence electrons. The van der Waals surface area contributed by atoms with Crippen LogP contribution in [0.3, 0.4) is 0 Å². The topological polar surface area (TPSA) is 119 Å². The van der Waals surface area contributed by atoms with Crippen LogP contribution in [0.15, 0.2) is 65.6 Å². The zero-order valence-electron chi connectivity index (χ0n) is 20.4. The van der Waals surface area contributed by atoms with Crippen LogP contribution in [0, 0.1) is 10.1 Å². The SMILES string of the molecule is CC(C)(C)OC(=O)N[C@@H]1CCN(c2ccc([N+](=O)[O-])c(CS(=O)(=O)c3cccc4ccccc34)c2)C1. The van der Waals surface area contributed by atoms with Gasteiger partial charge in [0.15, 0.2) is 9.84 Å². The summed E-state index contributed by atoms with van der Waals surface area (Å²) >= 11 is 0. The Morgan fingerprint density at radius 3 is 2.58 bits per heavy atom. The van der Waals surface area contributed by atoms with E-state index >= 15 is 0 Å². The number of carbonyl (C=O) groups is 1. The Bertz CT molecular complexity index is 1410. The third kappa shape index (κ3) is 5.76. The molecule has 0 aliphatic carbocycles. The van der Waals surface area contributed by atoms with Gasteiger partial charge in [0.1, 0.15) is 5.60 Å². The number of ether oxygens (including phenoxy) is 1. The maximum absolute atomic E-state index is 13.4. The number of nitrogens with one attached hydrogen (secondary N) is 1. The molecule has 0 radical (unpaired) electrons. The summed E-state index contributed by atoms with van der Waals surface area (Å²) in [4.78, 5) is 25.4. The molecule has 9 nitrogen and oxygen atoms in total. The number of benzene rings is 3. The lowest BCUT2D eigenvalue weighted by Crippen LogP contribution is -2.40. The molecule has 3 aromatic rings. The van der Waals surface area contributed by atoms with Gasteiger partial charge in [0.25, 0.3) is 5.69 Å². The smallest absolute Gasteiger partial charge is 0.407 e. The second-order valence-electron chi connectivity index (χ2n) is 9.88. The van der Waals surface area contributed by atoms with Gasteiger partial charge in [-0.05, 0) is 50.8 Å². The highest BCUT2D eigenvalue weighted by molar-refractivity contribution is 7.90. The van der Waals surface area contributed by atoms with Crippen molar-refractivity contribution in [2.75, 3.05) is 18.0 Å². The average molecular weight is 512 g/mol. The summed E-state index contributed by atoms with van der Waals surface area (Å²) in [5.41, 5.74) is -0.0676. The number of alkyl carbamates (subject to hydrolysis) is 1. The van der Waals surface area contributed by atoms with Crippen molar-refractivity contribution in [1.29, 1.82) is 0 Å². The predicted molar refractivity (Wildman–Crippen MR) is 138 cm³/mol. The number of nitrogens with zero attached hydrogens (tertiary/aromatic N) is 2. The van der Waals surface area contributed by atoms with Crippen molar-refractivity contribution in [1.82, 2.24) is 5.32 Å². The van der Waals surface area contributed by atoms with E-state index in [1.165, 1.54) is 12.1 Å². The summed E-state index contributed by atoms with van der Waals surface area (Å²) < 4.78 is 32.1. The normalized spacial score (nSPS) is 16.2. The van der Waals surface area contributed by atoms with E-state index < -0.39 is 32.2 Å². The van der Waals surface area contributed by atoms with Crippen LogP contribution in [0.2, 0.25) is 0 Å². The molecule has 1 amide bonds. The van der Waals surface area contributed by atoms with Crippen LogP contribution < -0.4 is 10.2 Å². The minimum Gasteiger partial charge on any atom is -0.444 e. The monoisotopic (exact) mass is 511 g/mol. The summed E-state index contributed by atoms with van der Waals surface area (Å²) in [5.74, 6) is -0.501. The highest BCUT2D eigenvalue weighted by atomic mass is 32.2. The maximum Gasteiger partial charge on any atom is 0.407 e. The lowest BCUT2D eigenvalue weighted by molar-refractivity contribution is -0.385. The number of fused-ring (bicyclic) bond motifs is 1. The second kappa shape index (κ2) is 9.77. The van der Waals surface area contributed by atoms with Crippen molar-refractivity contribution in [3.8, 4) is 0 Å². The number of nitro benzene ring substituents is 1. The molecule has 3 aromatic carbocycles. The molecule has 1 atom stereocenters. The molecule has 1 aliphatic heterocycles. The fourth-order valence-corrected chi connectivity index (χ4v) is 6.00. The zero-order valence-corrected chi connectivity index (χ0v) is 21.2. The molecular weight excluding hydrogens is 482 g/mol. The first-order valence-electron chi connectivity index (χ1n) is 11.7. The number of nitro groups is 1. The van der Waals surface area contributed by atoms with Gasteiger partial charge in [-0.1, -0.05) is 36.4 Å². The van der Waals surface area contributed by atoms with E-state index in [0.717, 1.165) is 5.39 Å². The maximum atomic E-state index is 13.4. The molecule has 0 saturated carbocycles. The van der Waals surface area contributed by atoms with Crippen molar-refractivity contribution in [2.45, 2.75) is 49.5 Å². The summed E-state index contributed by atoms with van der Waals surface area (Å²) in [6.45, 7) is 6.45.